The van der Waals surface area contributed by atoms with Crippen molar-refractivity contribution in [3.8, 4) is 0 Å². The first-order valence-corrected chi connectivity index (χ1v) is 9.98. The quantitative estimate of drug-likeness (QED) is 0.676. The summed E-state index contributed by atoms with van der Waals surface area (Å²) < 4.78 is 15.6. The number of carbonyl (C=O) groups excluding carboxylic acids is 3. The van der Waals surface area contributed by atoms with E-state index in [1.165, 1.54) is 12.0 Å². The Morgan fingerprint density at radius 1 is 1.07 bits per heavy atom. The van der Waals surface area contributed by atoms with Crippen molar-refractivity contribution < 1.29 is 28.6 Å². The second-order valence-corrected chi connectivity index (χ2v) is 8.02. The van der Waals surface area contributed by atoms with Crippen LogP contribution in [0.2, 0.25) is 0 Å². The molecular weight excluding hydrogens is 352 g/mol. The predicted octanol–water partition coefficient (Wildman–Crippen LogP) is 1.04. The fraction of sp³-hybridized carbons (Fsp3) is 0.842. The van der Waals surface area contributed by atoms with E-state index in [1.807, 2.05) is 0 Å². The van der Waals surface area contributed by atoms with Gasteiger partial charge in [0.1, 0.15) is 6.61 Å². The summed E-state index contributed by atoms with van der Waals surface area (Å²) in [6.07, 6.45) is 4.50. The van der Waals surface area contributed by atoms with Crippen LogP contribution in [0.25, 0.3) is 0 Å². The standard InChI is InChI=1S/C19H28N2O6/c1-25-17(23)14-13(16(22)21-9-12-27-18(21)24)15(20-7-10-26-11-8-20)19(14)5-3-2-4-6-19/h13-15H,2-12H2,1H3/t13-,14+,15-/m0/s1. The third-order valence-corrected chi connectivity index (χ3v) is 6.90. The second kappa shape index (κ2) is 7.39. The fourth-order valence-corrected chi connectivity index (χ4v) is 5.79. The van der Waals surface area contributed by atoms with Crippen LogP contribution in [-0.4, -0.2) is 80.4 Å². The monoisotopic (exact) mass is 380 g/mol. The van der Waals surface area contributed by atoms with Crippen molar-refractivity contribution in [1.29, 1.82) is 0 Å². The molecule has 8 heteroatoms. The molecule has 2 aliphatic carbocycles. The molecule has 4 aliphatic rings. The van der Waals surface area contributed by atoms with Crippen LogP contribution in [0.15, 0.2) is 0 Å². The molecule has 1 spiro atoms. The van der Waals surface area contributed by atoms with E-state index in [4.69, 9.17) is 14.2 Å². The molecule has 2 saturated carbocycles. The van der Waals surface area contributed by atoms with Crippen molar-refractivity contribution in [2.45, 2.75) is 38.1 Å². The van der Waals surface area contributed by atoms with Gasteiger partial charge in [-0.1, -0.05) is 19.3 Å². The average molecular weight is 380 g/mol. The lowest BCUT2D eigenvalue weighted by Crippen LogP contribution is -2.74. The van der Waals surface area contributed by atoms with Gasteiger partial charge in [0.25, 0.3) is 0 Å². The molecule has 4 fully saturated rings. The second-order valence-electron chi connectivity index (χ2n) is 8.02. The fourth-order valence-electron chi connectivity index (χ4n) is 5.79. The lowest BCUT2D eigenvalue weighted by atomic mass is 9.44. The maximum Gasteiger partial charge on any atom is 0.416 e. The SMILES string of the molecule is COC(=O)[C@H]1[C@H](C(=O)N2CCOC2=O)[C@H](N2CCOCC2)C12CCCCC2. The van der Waals surface area contributed by atoms with Crippen LogP contribution < -0.4 is 0 Å². The van der Waals surface area contributed by atoms with Crippen LogP contribution >= 0.6 is 0 Å². The minimum absolute atomic E-state index is 0.0494. The molecule has 2 saturated heterocycles. The van der Waals surface area contributed by atoms with E-state index in [2.05, 4.69) is 4.90 Å². The molecule has 0 aromatic carbocycles. The third-order valence-electron chi connectivity index (χ3n) is 6.90. The highest BCUT2D eigenvalue weighted by Crippen LogP contribution is 2.62. The predicted molar refractivity (Wildman–Crippen MR) is 93.8 cm³/mol. The number of ether oxygens (including phenoxy) is 3. The van der Waals surface area contributed by atoms with Crippen LogP contribution in [0.3, 0.4) is 0 Å². The summed E-state index contributed by atoms with van der Waals surface area (Å²) in [5, 5.41) is 0. The Balaban J connectivity index is 1.68. The minimum atomic E-state index is -0.603. The summed E-state index contributed by atoms with van der Waals surface area (Å²) in [6, 6.07) is -0.0494. The molecule has 0 unspecified atom stereocenters. The Morgan fingerprint density at radius 2 is 1.78 bits per heavy atom. The molecular formula is C19H28N2O6. The summed E-state index contributed by atoms with van der Waals surface area (Å²) in [6.45, 7) is 3.21. The van der Waals surface area contributed by atoms with E-state index in [0.717, 1.165) is 45.2 Å². The first-order valence-electron chi connectivity index (χ1n) is 9.98. The highest BCUT2D eigenvalue weighted by atomic mass is 16.6. The van der Waals surface area contributed by atoms with Crippen molar-refractivity contribution in [1.82, 2.24) is 9.80 Å². The van der Waals surface area contributed by atoms with Crippen molar-refractivity contribution in [2.24, 2.45) is 17.3 Å². The Bertz CT molecular complexity index is 611. The van der Waals surface area contributed by atoms with E-state index in [1.54, 1.807) is 0 Å². The van der Waals surface area contributed by atoms with Gasteiger partial charge in [0.15, 0.2) is 0 Å². The smallest absolute Gasteiger partial charge is 0.416 e. The number of morpholine rings is 1. The molecule has 0 aromatic heterocycles. The maximum atomic E-state index is 13.3. The van der Waals surface area contributed by atoms with Crippen LogP contribution in [0.1, 0.15) is 32.1 Å². The Morgan fingerprint density at radius 3 is 2.37 bits per heavy atom. The van der Waals surface area contributed by atoms with Gasteiger partial charge in [-0.15, -0.1) is 0 Å². The topological polar surface area (TPSA) is 85.4 Å². The molecule has 2 amide bonds. The van der Waals surface area contributed by atoms with Gasteiger partial charge in [0.2, 0.25) is 5.91 Å². The minimum Gasteiger partial charge on any atom is -0.469 e. The first kappa shape index (κ1) is 18.7. The first-order chi connectivity index (χ1) is 13.1. The van der Waals surface area contributed by atoms with Gasteiger partial charge in [0, 0.05) is 24.5 Å². The van der Waals surface area contributed by atoms with Crippen molar-refractivity contribution in [3.63, 3.8) is 0 Å². The van der Waals surface area contributed by atoms with Crippen LogP contribution in [0.5, 0.6) is 0 Å². The zero-order valence-electron chi connectivity index (χ0n) is 15.9. The number of rotatable bonds is 3. The van der Waals surface area contributed by atoms with E-state index in [0.29, 0.717) is 13.2 Å². The molecule has 3 atom stereocenters. The summed E-state index contributed by atoms with van der Waals surface area (Å²) in [4.78, 5) is 41.5. The molecule has 27 heavy (non-hydrogen) atoms. The molecule has 150 valence electrons. The van der Waals surface area contributed by atoms with Crippen molar-refractivity contribution in [3.05, 3.63) is 0 Å². The highest BCUT2D eigenvalue weighted by molar-refractivity contribution is 5.98. The lowest BCUT2D eigenvalue weighted by Gasteiger charge is -2.64. The number of hydrogen-bond acceptors (Lipinski definition) is 7. The van der Waals surface area contributed by atoms with Gasteiger partial charge in [-0.05, 0) is 12.8 Å². The normalized spacial score (nSPS) is 33.4. The van der Waals surface area contributed by atoms with Gasteiger partial charge in [0.05, 0.1) is 38.7 Å². The Kier molecular flexibility index (Phi) is 5.11. The van der Waals surface area contributed by atoms with Gasteiger partial charge < -0.3 is 14.2 Å². The van der Waals surface area contributed by atoms with Crippen molar-refractivity contribution in [2.75, 3.05) is 46.6 Å². The Labute approximate surface area is 159 Å². The van der Waals surface area contributed by atoms with E-state index in [-0.39, 0.29) is 36.5 Å². The van der Waals surface area contributed by atoms with Gasteiger partial charge in [-0.2, -0.15) is 0 Å². The number of imide groups is 1. The van der Waals surface area contributed by atoms with E-state index >= 15 is 0 Å². The summed E-state index contributed by atoms with van der Waals surface area (Å²) >= 11 is 0. The number of esters is 1. The Hall–Kier alpha value is -1.67. The number of hydrogen-bond donors (Lipinski definition) is 0. The highest BCUT2D eigenvalue weighted by Gasteiger charge is 2.69. The number of methoxy groups -OCH3 is 1. The number of amides is 2. The third kappa shape index (κ3) is 2.93. The number of cyclic esters (lactones) is 1. The summed E-state index contributed by atoms with van der Waals surface area (Å²) in [5.74, 6) is -1.66. The number of nitrogens with zero attached hydrogens (tertiary/aromatic N) is 2. The van der Waals surface area contributed by atoms with E-state index in [9.17, 15) is 14.4 Å². The van der Waals surface area contributed by atoms with Gasteiger partial charge in [-0.25, -0.2) is 9.69 Å². The molecule has 8 nitrogen and oxygen atoms in total. The summed E-state index contributed by atoms with van der Waals surface area (Å²) in [7, 11) is 1.38. The van der Waals surface area contributed by atoms with Crippen LogP contribution in [0.4, 0.5) is 4.79 Å². The molecule has 0 N–H and O–H groups in total. The molecule has 0 aromatic rings. The van der Waals surface area contributed by atoms with E-state index < -0.39 is 17.9 Å². The molecule has 4 rings (SSSR count). The van der Waals surface area contributed by atoms with Crippen LogP contribution in [-0.2, 0) is 23.8 Å². The van der Waals surface area contributed by atoms with Crippen LogP contribution in [0, 0.1) is 17.3 Å². The van der Waals surface area contributed by atoms with Gasteiger partial charge >= 0.3 is 12.1 Å². The van der Waals surface area contributed by atoms with Gasteiger partial charge in [-0.3, -0.25) is 14.5 Å². The molecule has 0 radical (unpaired) electrons. The summed E-state index contributed by atoms with van der Waals surface area (Å²) in [5.41, 5.74) is -0.243. The molecule has 2 aliphatic heterocycles. The van der Waals surface area contributed by atoms with Crippen molar-refractivity contribution >= 4 is 18.0 Å². The largest absolute Gasteiger partial charge is 0.469 e. The average Bonchev–Trinajstić information content (AvgIpc) is 3.13. The zero-order valence-corrected chi connectivity index (χ0v) is 15.9. The number of carbonyl (C=O) groups is 3. The molecule has 2 heterocycles. The molecule has 0 bridgehead atoms. The zero-order chi connectivity index (χ0) is 19.0. The lowest BCUT2D eigenvalue weighted by molar-refractivity contribution is -0.207. The maximum absolute atomic E-state index is 13.3.